The van der Waals surface area contributed by atoms with Crippen LogP contribution in [0.15, 0.2) is 48.5 Å². The van der Waals surface area contributed by atoms with Crippen molar-refractivity contribution in [1.29, 1.82) is 0 Å². The fourth-order valence-electron chi connectivity index (χ4n) is 3.67. The number of nitrogens with one attached hydrogen (secondary N) is 1. The Morgan fingerprint density at radius 3 is 2.50 bits per heavy atom. The van der Waals surface area contributed by atoms with E-state index in [1.54, 1.807) is 41.3 Å². The highest BCUT2D eigenvalue weighted by Gasteiger charge is 2.32. The summed E-state index contributed by atoms with van der Waals surface area (Å²) in [5.41, 5.74) is 2.08. The van der Waals surface area contributed by atoms with Crippen molar-refractivity contribution in [2.45, 2.75) is 26.4 Å². The first-order chi connectivity index (χ1) is 15.2. The molecule has 0 saturated carbocycles. The Balaban J connectivity index is 1.70. The number of halogens is 2. The second-order valence-electron chi connectivity index (χ2n) is 7.77. The lowest BCUT2D eigenvalue weighted by molar-refractivity contribution is -0.138. The number of amides is 2. The van der Waals surface area contributed by atoms with Gasteiger partial charge in [-0.1, -0.05) is 29.8 Å². The van der Waals surface area contributed by atoms with Gasteiger partial charge < -0.3 is 10.2 Å². The van der Waals surface area contributed by atoms with Crippen LogP contribution in [0.25, 0.3) is 6.08 Å². The van der Waals surface area contributed by atoms with Gasteiger partial charge in [0, 0.05) is 49.9 Å². The molecule has 0 aromatic heterocycles. The number of piperazine rings is 1. The van der Waals surface area contributed by atoms with Crippen molar-refractivity contribution in [2.75, 3.05) is 25.0 Å². The van der Waals surface area contributed by atoms with Gasteiger partial charge in [-0.05, 0) is 48.4 Å². The average molecular weight is 458 g/mol. The summed E-state index contributed by atoms with van der Waals surface area (Å²) in [7, 11) is 0. The molecule has 2 aromatic rings. The monoisotopic (exact) mass is 457 g/mol. The Kier molecular flexibility index (Phi) is 7.77. The lowest BCUT2D eigenvalue weighted by Crippen LogP contribution is -2.57. The summed E-state index contributed by atoms with van der Waals surface area (Å²) < 4.78 is 13.1. The van der Waals surface area contributed by atoms with Crippen LogP contribution in [-0.2, 0) is 20.9 Å². The molecule has 1 N–H and O–H groups in total. The van der Waals surface area contributed by atoms with Crippen LogP contribution in [0, 0.1) is 5.82 Å². The molecule has 2 amide bonds. The van der Waals surface area contributed by atoms with Crippen LogP contribution in [0.3, 0.4) is 0 Å². The van der Waals surface area contributed by atoms with Crippen LogP contribution in [0.5, 0.6) is 0 Å². The van der Waals surface area contributed by atoms with Crippen molar-refractivity contribution in [3.05, 3.63) is 70.5 Å². The van der Waals surface area contributed by atoms with Crippen LogP contribution < -0.4 is 5.32 Å². The van der Waals surface area contributed by atoms with Crippen molar-refractivity contribution >= 4 is 41.0 Å². The van der Waals surface area contributed by atoms with Crippen LogP contribution in [0.2, 0.25) is 5.02 Å². The first-order valence-electron chi connectivity index (χ1n) is 10.3. The van der Waals surface area contributed by atoms with E-state index in [-0.39, 0.29) is 23.4 Å². The van der Waals surface area contributed by atoms with Gasteiger partial charge in [-0.3, -0.25) is 19.3 Å². The zero-order valence-electron chi connectivity index (χ0n) is 18.0. The molecule has 0 bridgehead atoms. The smallest absolute Gasteiger partial charge is 0.247 e. The second-order valence-corrected chi connectivity index (χ2v) is 8.20. The molecule has 168 valence electrons. The van der Waals surface area contributed by atoms with Crippen molar-refractivity contribution in [3.63, 3.8) is 0 Å². The fraction of sp³-hybridized carbons (Fsp3) is 0.292. The van der Waals surface area contributed by atoms with Crippen LogP contribution >= 0.6 is 11.6 Å². The Hall–Kier alpha value is -3.03. The SMILES string of the molecule is CC(=O)Nc1cc(Cl)ccc1/C=C/C(=O)N1CCN(Cc2ccc(F)cc2)CC1C(C)=O. The third-order valence-electron chi connectivity index (χ3n) is 5.27. The van der Waals surface area contributed by atoms with Gasteiger partial charge in [0.25, 0.3) is 0 Å². The van der Waals surface area contributed by atoms with Crippen LogP contribution in [0.4, 0.5) is 10.1 Å². The zero-order valence-corrected chi connectivity index (χ0v) is 18.7. The van der Waals surface area contributed by atoms with Gasteiger partial charge in [0.05, 0.1) is 0 Å². The first kappa shape index (κ1) is 23.6. The summed E-state index contributed by atoms with van der Waals surface area (Å²) in [6, 6.07) is 10.7. The highest BCUT2D eigenvalue weighted by Crippen LogP contribution is 2.23. The van der Waals surface area contributed by atoms with Gasteiger partial charge >= 0.3 is 0 Å². The molecule has 1 aliphatic heterocycles. The number of ketones is 1. The van der Waals surface area contributed by atoms with E-state index in [1.165, 1.54) is 32.1 Å². The molecule has 1 saturated heterocycles. The molecule has 3 rings (SSSR count). The van der Waals surface area contributed by atoms with Gasteiger partial charge in [-0.15, -0.1) is 0 Å². The Morgan fingerprint density at radius 1 is 1.12 bits per heavy atom. The molecule has 6 nitrogen and oxygen atoms in total. The molecule has 1 atom stereocenters. The third kappa shape index (κ3) is 6.24. The third-order valence-corrected chi connectivity index (χ3v) is 5.50. The van der Waals surface area contributed by atoms with Crippen molar-refractivity contribution in [1.82, 2.24) is 9.80 Å². The molecule has 1 fully saturated rings. The largest absolute Gasteiger partial charge is 0.327 e. The number of nitrogens with zero attached hydrogens (tertiary/aromatic N) is 2. The predicted molar refractivity (Wildman–Crippen MR) is 123 cm³/mol. The zero-order chi connectivity index (χ0) is 23.3. The van der Waals surface area contributed by atoms with Crippen molar-refractivity contribution in [3.8, 4) is 0 Å². The number of rotatable bonds is 6. The molecule has 1 unspecified atom stereocenters. The number of Topliss-reactive ketones (excluding diaryl/α,β-unsaturated/α-hetero) is 1. The second kappa shape index (κ2) is 10.5. The highest BCUT2D eigenvalue weighted by atomic mass is 35.5. The van der Waals surface area contributed by atoms with Crippen molar-refractivity contribution in [2.24, 2.45) is 0 Å². The Labute approximate surface area is 191 Å². The number of benzene rings is 2. The predicted octanol–water partition coefficient (Wildman–Crippen LogP) is 3.75. The lowest BCUT2D eigenvalue weighted by Gasteiger charge is -2.40. The normalized spacial score (nSPS) is 16.9. The van der Waals surface area contributed by atoms with E-state index in [4.69, 9.17) is 11.6 Å². The Bertz CT molecular complexity index is 1040. The molecule has 0 spiro atoms. The minimum atomic E-state index is -0.568. The summed E-state index contributed by atoms with van der Waals surface area (Å²) in [5.74, 6) is -0.918. The molecule has 2 aromatic carbocycles. The summed E-state index contributed by atoms with van der Waals surface area (Å²) in [6.07, 6.45) is 3.01. The lowest BCUT2D eigenvalue weighted by atomic mass is 10.1. The van der Waals surface area contributed by atoms with Gasteiger partial charge in [-0.25, -0.2) is 4.39 Å². The van der Waals surface area contributed by atoms with Gasteiger partial charge in [-0.2, -0.15) is 0 Å². The minimum Gasteiger partial charge on any atom is -0.327 e. The number of carbonyl (C=O) groups excluding carboxylic acids is 3. The molecule has 0 radical (unpaired) electrons. The first-order valence-corrected chi connectivity index (χ1v) is 10.6. The van der Waals surface area contributed by atoms with Crippen LogP contribution in [-0.4, -0.2) is 53.1 Å². The molecule has 32 heavy (non-hydrogen) atoms. The molecule has 1 heterocycles. The van der Waals surface area contributed by atoms with E-state index in [9.17, 15) is 18.8 Å². The van der Waals surface area contributed by atoms with E-state index in [0.29, 0.717) is 42.5 Å². The minimum absolute atomic E-state index is 0.0963. The summed E-state index contributed by atoms with van der Waals surface area (Å²) in [4.78, 5) is 40.3. The number of anilines is 1. The molecule has 0 aliphatic carbocycles. The topological polar surface area (TPSA) is 69.7 Å². The van der Waals surface area contributed by atoms with E-state index in [2.05, 4.69) is 10.2 Å². The van der Waals surface area contributed by atoms with Gasteiger partial charge in [0.15, 0.2) is 5.78 Å². The number of hydrogen-bond donors (Lipinski definition) is 1. The molecule has 1 aliphatic rings. The van der Waals surface area contributed by atoms with Gasteiger partial charge in [0.2, 0.25) is 11.8 Å². The van der Waals surface area contributed by atoms with Crippen molar-refractivity contribution < 1.29 is 18.8 Å². The maximum atomic E-state index is 13.1. The number of carbonyl (C=O) groups is 3. The Morgan fingerprint density at radius 2 is 1.84 bits per heavy atom. The maximum Gasteiger partial charge on any atom is 0.247 e. The van der Waals surface area contributed by atoms with E-state index in [1.807, 2.05) is 0 Å². The van der Waals surface area contributed by atoms with Crippen LogP contribution in [0.1, 0.15) is 25.0 Å². The van der Waals surface area contributed by atoms with E-state index in [0.717, 1.165) is 5.56 Å². The van der Waals surface area contributed by atoms with E-state index < -0.39 is 6.04 Å². The molecular formula is C24H25ClFN3O3. The van der Waals surface area contributed by atoms with E-state index >= 15 is 0 Å². The summed E-state index contributed by atoms with van der Waals surface area (Å²) >= 11 is 6.01. The fourth-order valence-corrected chi connectivity index (χ4v) is 3.84. The summed E-state index contributed by atoms with van der Waals surface area (Å²) in [5, 5.41) is 3.16. The summed E-state index contributed by atoms with van der Waals surface area (Å²) in [6.45, 7) is 4.84. The standard InChI is InChI=1S/C24H25ClFN3O3/c1-16(30)23-15-28(14-18-3-8-21(26)9-4-18)11-12-29(23)24(32)10-6-19-5-7-20(25)13-22(19)27-17(2)31/h3-10,13,23H,11-12,14-15H2,1-2H3,(H,27,31)/b10-6+. The maximum absolute atomic E-state index is 13.1. The molecular weight excluding hydrogens is 433 g/mol. The van der Waals surface area contributed by atoms with Gasteiger partial charge in [0.1, 0.15) is 11.9 Å². The molecule has 8 heteroatoms. The quantitative estimate of drug-likeness (QED) is 0.671. The number of hydrogen-bond acceptors (Lipinski definition) is 4. The highest BCUT2D eigenvalue weighted by molar-refractivity contribution is 6.31. The average Bonchev–Trinajstić information content (AvgIpc) is 2.74.